The van der Waals surface area contributed by atoms with Gasteiger partial charge in [0.05, 0.1) is 6.61 Å². The van der Waals surface area contributed by atoms with E-state index in [1.54, 1.807) is 11.3 Å². The van der Waals surface area contributed by atoms with E-state index in [4.69, 9.17) is 10.2 Å². The van der Waals surface area contributed by atoms with Gasteiger partial charge in [0.2, 0.25) is 0 Å². The van der Waals surface area contributed by atoms with E-state index < -0.39 is 0 Å². The van der Waals surface area contributed by atoms with Crippen LogP contribution < -0.4 is 0 Å². The highest BCUT2D eigenvalue weighted by Crippen LogP contribution is 2.16. The molecule has 0 saturated heterocycles. The third-order valence-electron chi connectivity index (χ3n) is 2.58. The molecule has 0 amide bonds. The second-order valence-electron chi connectivity index (χ2n) is 4.02. The summed E-state index contributed by atoms with van der Waals surface area (Å²) in [5.74, 6) is 5.97. The van der Waals surface area contributed by atoms with Crippen LogP contribution in [0.5, 0.6) is 0 Å². The molecule has 18 heavy (non-hydrogen) atoms. The predicted octanol–water partition coefficient (Wildman–Crippen LogP) is 1.69. The quantitative estimate of drug-likeness (QED) is 0.739. The molecule has 100 valence electrons. The lowest BCUT2D eigenvalue weighted by Gasteiger charge is -2.18. The van der Waals surface area contributed by atoms with Crippen molar-refractivity contribution in [1.82, 2.24) is 4.90 Å². The highest BCUT2D eigenvalue weighted by atomic mass is 32.1. The average Bonchev–Trinajstić information content (AvgIpc) is 2.82. The van der Waals surface area contributed by atoms with E-state index in [0.29, 0.717) is 6.42 Å². The fourth-order valence-corrected chi connectivity index (χ4v) is 2.47. The monoisotopic (exact) mass is 267 g/mol. The molecule has 4 heteroatoms. The second kappa shape index (κ2) is 9.12. The standard InChI is InChI=1S/C14H21NO2S/c1-2-15(7-5-9-17)11-14-10-13(12-18-14)6-3-4-8-16/h10,12,16-17H,2,4-5,7-9,11H2,1H3. The molecule has 1 aromatic rings. The van der Waals surface area contributed by atoms with Crippen LogP contribution in [-0.2, 0) is 6.54 Å². The zero-order valence-electron chi connectivity index (χ0n) is 10.9. The Morgan fingerprint density at radius 3 is 2.83 bits per heavy atom. The molecule has 1 aromatic heterocycles. The highest BCUT2D eigenvalue weighted by molar-refractivity contribution is 7.10. The Labute approximate surface area is 113 Å². The molecule has 0 aliphatic heterocycles. The fraction of sp³-hybridized carbons (Fsp3) is 0.571. The Morgan fingerprint density at radius 2 is 2.17 bits per heavy atom. The molecule has 0 saturated carbocycles. The van der Waals surface area contributed by atoms with Gasteiger partial charge in [0, 0.05) is 41.9 Å². The normalized spacial score (nSPS) is 10.4. The first-order chi connectivity index (χ1) is 8.80. The van der Waals surface area contributed by atoms with Gasteiger partial charge in [-0.1, -0.05) is 18.8 Å². The predicted molar refractivity (Wildman–Crippen MR) is 75.6 cm³/mol. The molecule has 2 N–H and O–H groups in total. The van der Waals surface area contributed by atoms with Crippen molar-refractivity contribution < 1.29 is 10.2 Å². The SMILES string of the molecule is CCN(CCCO)Cc1cc(C#CCCO)cs1. The van der Waals surface area contributed by atoms with E-state index in [-0.39, 0.29) is 13.2 Å². The van der Waals surface area contributed by atoms with E-state index in [2.05, 4.69) is 35.1 Å². The van der Waals surface area contributed by atoms with Gasteiger partial charge in [0.15, 0.2) is 0 Å². The van der Waals surface area contributed by atoms with Crippen LogP contribution in [0.3, 0.4) is 0 Å². The molecule has 0 bridgehead atoms. The number of aliphatic hydroxyl groups excluding tert-OH is 2. The summed E-state index contributed by atoms with van der Waals surface area (Å²) in [5, 5.41) is 19.5. The lowest BCUT2D eigenvalue weighted by Crippen LogP contribution is -2.24. The number of hydrogen-bond donors (Lipinski definition) is 2. The van der Waals surface area contributed by atoms with Crippen molar-refractivity contribution in [3.8, 4) is 11.8 Å². The molecule has 0 aromatic carbocycles. The zero-order chi connectivity index (χ0) is 13.2. The summed E-state index contributed by atoms with van der Waals surface area (Å²) < 4.78 is 0. The number of nitrogens with zero attached hydrogens (tertiary/aromatic N) is 1. The molecule has 0 aliphatic carbocycles. The molecule has 1 heterocycles. The summed E-state index contributed by atoms with van der Waals surface area (Å²) in [6, 6.07) is 2.11. The first-order valence-corrected chi connectivity index (χ1v) is 7.18. The summed E-state index contributed by atoms with van der Waals surface area (Å²) in [6.07, 6.45) is 1.35. The van der Waals surface area contributed by atoms with Crippen LogP contribution in [0.25, 0.3) is 0 Å². The molecule has 0 aliphatic rings. The summed E-state index contributed by atoms with van der Waals surface area (Å²) >= 11 is 1.72. The number of aliphatic hydroxyl groups is 2. The Bertz CT molecular complexity index is 392. The molecule has 0 atom stereocenters. The Balaban J connectivity index is 2.49. The third kappa shape index (κ3) is 5.65. The van der Waals surface area contributed by atoms with Crippen molar-refractivity contribution in [3.63, 3.8) is 0 Å². The van der Waals surface area contributed by atoms with E-state index in [0.717, 1.165) is 31.6 Å². The van der Waals surface area contributed by atoms with Crippen molar-refractivity contribution in [2.45, 2.75) is 26.3 Å². The van der Waals surface area contributed by atoms with Crippen molar-refractivity contribution in [2.75, 3.05) is 26.3 Å². The number of thiophene rings is 1. The summed E-state index contributed by atoms with van der Waals surface area (Å²) in [5.41, 5.74) is 1.03. The maximum Gasteiger partial charge on any atom is 0.0540 e. The third-order valence-corrected chi connectivity index (χ3v) is 3.50. The number of hydrogen-bond acceptors (Lipinski definition) is 4. The van der Waals surface area contributed by atoms with Gasteiger partial charge in [0.25, 0.3) is 0 Å². The van der Waals surface area contributed by atoms with Gasteiger partial charge in [-0.15, -0.1) is 11.3 Å². The van der Waals surface area contributed by atoms with Crippen molar-refractivity contribution >= 4 is 11.3 Å². The minimum absolute atomic E-state index is 0.120. The molecule has 0 radical (unpaired) electrons. The lowest BCUT2D eigenvalue weighted by atomic mass is 10.3. The second-order valence-corrected chi connectivity index (χ2v) is 5.02. The topological polar surface area (TPSA) is 43.7 Å². The first kappa shape index (κ1) is 15.2. The van der Waals surface area contributed by atoms with Gasteiger partial charge in [-0.3, -0.25) is 4.90 Å². The fourth-order valence-electron chi connectivity index (χ4n) is 1.61. The van der Waals surface area contributed by atoms with Crippen LogP contribution in [0.15, 0.2) is 11.4 Å². The van der Waals surface area contributed by atoms with E-state index >= 15 is 0 Å². The van der Waals surface area contributed by atoms with Gasteiger partial charge >= 0.3 is 0 Å². The molecular formula is C14H21NO2S. The van der Waals surface area contributed by atoms with Gasteiger partial charge < -0.3 is 10.2 Å². The summed E-state index contributed by atoms with van der Waals surface area (Å²) in [7, 11) is 0. The van der Waals surface area contributed by atoms with Gasteiger partial charge in [-0.25, -0.2) is 0 Å². The van der Waals surface area contributed by atoms with Crippen LogP contribution in [0.4, 0.5) is 0 Å². The molecule has 3 nitrogen and oxygen atoms in total. The Hall–Kier alpha value is -0.860. The largest absolute Gasteiger partial charge is 0.396 e. The molecular weight excluding hydrogens is 246 g/mol. The van der Waals surface area contributed by atoms with E-state index in [1.807, 2.05) is 0 Å². The van der Waals surface area contributed by atoms with Crippen LogP contribution >= 0.6 is 11.3 Å². The van der Waals surface area contributed by atoms with E-state index in [1.165, 1.54) is 4.88 Å². The minimum atomic E-state index is 0.120. The number of rotatable bonds is 7. The van der Waals surface area contributed by atoms with Crippen molar-refractivity contribution in [1.29, 1.82) is 0 Å². The summed E-state index contributed by atoms with van der Waals surface area (Å²) in [4.78, 5) is 3.61. The van der Waals surface area contributed by atoms with Gasteiger partial charge in [-0.2, -0.15) is 0 Å². The van der Waals surface area contributed by atoms with Gasteiger partial charge in [0.1, 0.15) is 0 Å². The maximum atomic E-state index is 8.84. The zero-order valence-corrected chi connectivity index (χ0v) is 11.7. The minimum Gasteiger partial charge on any atom is -0.396 e. The summed E-state index contributed by atoms with van der Waals surface area (Å²) in [6.45, 7) is 5.34. The highest BCUT2D eigenvalue weighted by Gasteiger charge is 2.05. The maximum absolute atomic E-state index is 8.84. The Morgan fingerprint density at radius 1 is 1.33 bits per heavy atom. The molecule has 0 spiro atoms. The van der Waals surface area contributed by atoms with Crippen LogP contribution in [-0.4, -0.2) is 41.4 Å². The smallest absolute Gasteiger partial charge is 0.0540 e. The molecule has 1 rings (SSSR count). The lowest BCUT2D eigenvalue weighted by molar-refractivity contribution is 0.226. The molecule has 0 unspecified atom stereocenters. The van der Waals surface area contributed by atoms with Crippen LogP contribution in [0, 0.1) is 11.8 Å². The van der Waals surface area contributed by atoms with Gasteiger partial charge in [-0.05, 0) is 19.0 Å². The van der Waals surface area contributed by atoms with Crippen LogP contribution in [0.2, 0.25) is 0 Å². The van der Waals surface area contributed by atoms with Crippen molar-refractivity contribution in [3.05, 3.63) is 21.9 Å². The van der Waals surface area contributed by atoms with Crippen LogP contribution in [0.1, 0.15) is 30.2 Å². The van der Waals surface area contributed by atoms with E-state index in [9.17, 15) is 0 Å². The first-order valence-electron chi connectivity index (χ1n) is 6.30. The Kier molecular flexibility index (Phi) is 7.70. The molecule has 0 fully saturated rings. The average molecular weight is 267 g/mol. The van der Waals surface area contributed by atoms with Crippen molar-refractivity contribution in [2.24, 2.45) is 0 Å².